The van der Waals surface area contributed by atoms with E-state index in [0.29, 0.717) is 11.7 Å². The molecule has 1 aromatic heterocycles. The Labute approximate surface area is 106 Å². The molecule has 2 amide bonds. The Morgan fingerprint density at radius 1 is 1.56 bits per heavy atom. The number of carbonyl (C=O) groups excluding carboxylic acids is 1. The molecule has 6 heteroatoms. The van der Waals surface area contributed by atoms with E-state index in [1.165, 1.54) is 25.3 Å². The minimum atomic E-state index is -0.197. The van der Waals surface area contributed by atoms with E-state index >= 15 is 0 Å². The summed E-state index contributed by atoms with van der Waals surface area (Å²) in [4.78, 5) is 13.7. The quantitative estimate of drug-likeness (QED) is 0.863. The van der Waals surface area contributed by atoms with E-state index in [-0.39, 0.29) is 18.5 Å². The van der Waals surface area contributed by atoms with Crippen LogP contribution in [0.15, 0.2) is 10.6 Å². The van der Waals surface area contributed by atoms with E-state index in [9.17, 15) is 4.79 Å². The lowest BCUT2D eigenvalue weighted by Crippen LogP contribution is -2.40. The topological polar surface area (TPSA) is 78.6 Å². The first-order valence-corrected chi connectivity index (χ1v) is 6.31. The van der Waals surface area contributed by atoms with Crippen molar-refractivity contribution in [3.05, 3.63) is 11.8 Å². The largest absolute Gasteiger partial charge is 0.390 e. The van der Waals surface area contributed by atoms with Gasteiger partial charge in [-0.05, 0) is 12.8 Å². The second-order valence-corrected chi connectivity index (χ2v) is 4.67. The number of urea groups is 1. The predicted octanol–water partition coefficient (Wildman–Crippen LogP) is 1.96. The fourth-order valence-corrected chi connectivity index (χ4v) is 2.27. The number of aliphatic hydroxyl groups excluding tert-OH is 1. The van der Waals surface area contributed by atoms with E-state index < -0.39 is 0 Å². The molecule has 1 fully saturated rings. The number of hydrogen-bond donors (Lipinski definition) is 2. The third kappa shape index (κ3) is 3.01. The molecule has 100 valence electrons. The van der Waals surface area contributed by atoms with Gasteiger partial charge in [0.25, 0.3) is 0 Å². The van der Waals surface area contributed by atoms with Crippen molar-refractivity contribution in [2.24, 2.45) is 0 Å². The number of rotatable bonds is 3. The second-order valence-electron chi connectivity index (χ2n) is 4.67. The first kappa shape index (κ1) is 12.9. The highest BCUT2D eigenvalue weighted by atomic mass is 16.5. The Hall–Kier alpha value is -1.56. The fraction of sp³-hybridized carbons (Fsp3) is 0.667. The lowest BCUT2D eigenvalue weighted by molar-refractivity contribution is 0.185. The molecule has 1 aliphatic rings. The number of nitrogens with zero attached hydrogens (tertiary/aromatic N) is 2. The third-order valence-electron chi connectivity index (χ3n) is 3.39. The summed E-state index contributed by atoms with van der Waals surface area (Å²) >= 11 is 0. The van der Waals surface area contributed by atoms with Gasteiger partial charge < -0.3 is 14.5 Å². The van der Waals surface area contributed by atoms with Crippen molar-refractivity contribution in [2.45, 2.75) is 44.8 Å². The molecule has 0 unspecified atom stereocenters. The van der Waals surface area contributed by atoms with Gasteiger partial charge in [-0.2, -0.15) is 0 Å². The van der Waals surface area contributed by atoms with Crippen LogP contribution in [0.1, 0.15) is 37.8 Å². The summed E-state index contributed by atoms with van der Waals surface area (Å²) in [5.74, 6) is 0.270. The normalized spacial score (nSPS) is 16.6. The Bertz CT molecular complexity index is 399. The highest BCUT2D eigenvalue weighted by Gasteiger charge is 2.22. The average Bonchev–Trinajstić information content (AvgIpc) is 2.86. The van der Waals surface area contributed by atoms with Gasteiger partial charge in [0.2, 0.25) is 5.88 Å². The van der Waals surface area contributed by atoms with Gasteiger partial charge in [-0.3, -0.25) is 5.32 Å². The van der Waals surface area contributed by atoms with Gasteiger partial charge >= 0.3 is 6.03 Å². The Morgan fingerprint density at radius 2 is 2.28 bits per heavy atom. The maximum Gasteiger partial charge on any atom is 0.324 e. The lowest BCUT2D eigenvalue weighted by atomic mass is 9.95. The molecule has 0 saturated heterocycles. The van der Waals surface area contributed by atoms with Crippen LogP contribution in [-0.2, 0) is 6.61 Å². The van der Waals surface area contributed by atoms with Gasteiger partial charge in [-0.25, -0.2) is 4.79 Å². The molecule has 0 spiro atoms. The van der Waals surface area contributed by atoms with Gasteiger partial charge in [-0.1, -0.05) is 24.4 Å². The van der Waals surface area contributed by atoms with Crippen LogP contribution in [0, 0.1) is 0 Å². The van der Waals surface area contributed by atoms with Crippen LogP contribution in [0.25, 0.3) is 0 Å². The first-order chi connectivity index (χ1) is 8.70. The minimum absolute atomic E-state index is 0.192. The molecule has 1 aliphatic carbocycles. The molecule has 1 aromatic rings. The standard InChI is InChI=1S/C12H19N3O3/c1-15(10-5-3-2-4-6-10)12(17)13-11-7-9(8-16)14-18-11/h7,10,16H,2-6,8H2,1H3,(H,13,17). The highest BCUT2D eigenvalue weighted by Crippen LogP contribution is 2.22. The van der Waals surface area contributed by atoms with E-state index in [0.717, 1.165) is 12.8 Å². The van der Waals surface area contributed by atoms with Gasteiger partial charge in [0.1, 0.15) is 5.69 Å². The summed E-state index contributed by atoms with van der Waals surface area (Å²) in [7, 11) is 1.80. The first-order valence-electron chi connectivity index (χ1n) is 6.31. The molecule has 6 nitrogen and oxygen atoms in total. The van der Waals surface area contributed by atoms with Gasteiger partial charge in [0.05, 0.1) is 6.61 Å². The minimum Gasteiger partial charge on any atom is -0.390 e. The summed E-state index contributed by atoms with van der Waals surface area (Å²) in [6, 6.07) is 1.63. The number of aromatic nitrogens is 1. The molecule has 18 heavy (non-hydrogen) atoms. The number of anilines is 1. The number of amides is 2. The smallest absolute Gasteiger partial charge is 0.324 e. The van der Waals surface area contributed by atoms with Crippen LogP contribution in [0.4, 0.5) is 10.7 Å². The van der Waals surface area contributed by atoms with E-state index in [1.54, 1.807) is 11.9 Å². The van der Waals surface area contributed by atoms with Crippen molar-refractivity contribution < 1.29 is 14.4 Å². The predicted molar refractivity (Wildman–Crippen MR) is 66.1 cm³/mol. The zero-order valence-corrected chi connectivity index (χ0v) is 10.6. The maximum atomic E-state index is 12.0. The van der Waals surface area contributed by atoms with Crippen molar-refractivity contribution >= 4 is 11.9 Å². The Morgan fingerprint density at radius 3 is 2.89 bits per heavy atom. The molecule has 1 heterocycles. The molecule has 2 N–H and O–H groups in total. The molecular weight excluding hydrogens is 234 g/mol. The summed E-state index contributed by atoms with van der Waals surface area (Å²) < 4.78 is 4.90. The van der Waals surface area contributed by atoms with Crippen molar-refractivity contribution in [3.63, 3.8) is 0 Å². The zero-order valence-electron chi connectivity index (χ0n) is 10.6. The fourth-order valence-electron chi connectivity index (χ4n) is 2.27. The lowest BCUT2D eigenvalue weighted by Gasteiger charge is -2.30. The monoisotopic (exact) mass is 253 g/mol. The summed E-state index contributed by atoms with van der Waals surface area (Å²) in [6.07, 6.45) is 5.73. The molecule has 2 rings (SSSR count). The molecule has 0 bridgehead atoms. The van der Waals surface area contributed by atoms with E-state index in [1.807, 2.05) is 0 Å². The second kappa shape index (κ2) is 5.86. The molecule has 1 saturated carbocycles. The van der Waals surface area contributed by atoms with Crippen molar-refractivity contribution in [2.75, 3.05) is 12.4 Å². The molecule has 0 atom stereocenters. The van der Waals surface area contributed by atoms with E-state index in [2.05, 4.69) is 10.5 Å². The van der Waals surface area contributed by atoms with Gasteiger partial charge in [0.15, 0.2) is 0 Å². The molecule has 0 radical (unpaired) electrons. The van der Waals surface area contributed by atoms with Crippen LogP contribution < -0.4 is 5.32 Å². The van der Waals surface area contributed by atoms with Crippen LogP contribution in [0.3, 0.4) is 0 Å². The van der Waals surface area contributed by atoms with Gasteiger partial charge in [0, 0.05) is 19.2 Å². The van der Waals surface area contributed by atoms with Crippen molar-refractivity contribution in [1.29, 1.82) is 0 Å². The Kier molecular flexibility index (Phi) is 4.19. The average molecular weight is 253 g/mol. The van der Waals surface area contributed by atoms with Crippen molar-refractivity contribution in [3.8, 4) is 0 Å². The van der Waals surface area contributed by atoms with Crippen LogP contribution in [0.2, 0.25) is 0 Å². The third-order valence-corrected chi connectivity index (χ3v) is 3.39. The molecular formula is C12H19N3O3. The van der Waals surface area contributed by atoms with Crippen LogP contribution >= 0.6 is 0 Å². The van der Waals surface area contributed by atoms with Crippen molar-refractivity contribution in [1.82, 2.24) is 10.1 Å². The van der Waals surface area contributed by atoms with Crippen LogP contribution in [0.5, 0.6) is 0 Å². The number of aliphatic hydroxyl groups is 1. The van der Waals surface area contributed by atoms with E-state index in [4.69, 9.17) is 9.63 Å². The number of nitrogens with one attached hydrogen (secondary N) is 1. The summed E-state index contributed by atoms with van der Waals surface area (Å²) in [5, 5.41) is 15.1. The summed E-state index contributed by atoms with van der Waals surface area (Å²) in [5.41, 5.74) is 0.408. The maximum absolute atomic E-state index is 12.0. The zero-order chi connectivity index (χ0) is 13.0. The molecule has 0 aliphatic heterocycles. The molecule has 0 aromatic carbocycles. The summed E-state index contributed by atoms with van der Waals surface area (Å²) in [6.45, 7) is -0.197. The Balaban J connectivity index is 1.90. The van der Waals surface area contributed by atoms with Crippen LogP contribution in [-0.4, -0.2) is 34.3 Å². The number of carbonyl (C=O) groups is 1. The van der Waals surface area contributed by atoms with Gasteiger partial charge in [-0.15, -0.1) is 0 Å². The highest BCUT2D eigenvalue weighted by molar-refractivity contribution is 5.87. The number of hydrogen-bond acceptors (Lipinski definition) is 4. The SMILES string of the molecule is CN(C(=O)Nc1cc(CO)no1)C1CCCCC1.